The lowest BCUT2D eigenvalue weighted by Crippen LogP contribution is -2.37. The molecule has 1 aliphatic carbocycles. The molecule has 1 aromatic rings. The first-order chi connectivity index (χ1) is 9.69. The van der Waals surface area contributed by atoms with Gasteiger partial charge in [0.05, 0.1) is 19.2 Å². The molecule has 0 saturated heterocycles. The summed E-state index contributed by atoms with van der Waals surface area (Å²) in [6.45, 7) is 1.01. The molecule has 0 atom stereocenters. The summed E-state index contributed by atoms with van der Waals surface area (Å²) < 4.78 is 4.73. The van der Waals surface area contributed by atoms with Crippen LogP contribution in [-0.4, -0.2) is 41.6 Å². The van der Waals surface area contributed by atoms with E-state index < -0.39 is 0 Å². The Morgan fingerprint density at radius 1 is 1.40 bits per heavy atom. The van der Waals surface area contributed by atoms with Gasteiger partial charge in [0.2, 0.25) is 0 Å². The molecule has 0 aromatic carbocycles. The fourth-order valence-electron chi connectivity index (χ4n) is 2.46. The molecular weight excluding hydrogens is 258 g/mol. The van der Waals surface area contributed by atoms with Gasteiger partial charge in [0.1, 0.15) is 0 Å². The van der Waals surface area contributed by atoms with Crippen LogP contribution in [0.2, 0.25) is 0 Å². The summed E-state index contributed by atoms with van der Waals surface area (Å²) in [4.78, 5) is 29.5. The number of fused-ring (bicyclic) bond motifs is 1. The van der Waals surface area contributed by atoms with Gasteiger partial charge in [0, 0.05) is 25.0 Å². The summed E-state index contributed by atoms with van der Waals surface area (Å²) in [6.07, 6.45) is 5.76. The largest absolute Gasteiger partial charge is 0.453 e. The van der Waals surface area contributed by atoms with Gasteiger partial charge in [-0.2, -0.15) is 0 Å². The van der Waals surface area contributed by atoms with Crippen LogP contribution in [0.25, 0.3) is 0 Å². The molecule has 2 amide bonds. The Labute approximate surface area is 117 Å². The second-order valence-corrected chi connectivity index (χ2v) is 5.21. The van der Waals surface area contributed by atoms with Crippen LogP contribution < -0.4 is 5.32 Å². The van der Waals surface area contributed by atoms with Crippen LogP contribution in [0.5, 0.6) is 0 Å². The van der Waals surface area contributed by atoms with Crippen LogP contribution in [0.4, 0.5) is 4.79 Å². The third kappa shape index (κ3) is 2.45. The van der Waals surface area contributed by atoms with Gasteiger partial charge in [-0.1, -0.05) is 0 Å². The van der Waals surface area contributed by atoms with Crippen LogP contribution in [0, 0.1) is 0 Å². The molecule has 0 radical (unpaired) electrons. The molecular formula is C14H17N3O3. The highest BCUT2D eigenvalue weighted by Crippen LogP contribution is 2.24. The van der Waals surface area contributed by atoms with Gasteiger partial charge < -0.3 is 15.0 Å². The maximum absolute atomic E-state index is 12.2. The van der Waals surface area contributed by atoms with Crippen molar-refractivity contribution in [1.82, 2.24) is 15.2 Å². The minimum Gasteiger partial charge on any atom is -0.453 e. The second kappa shape index (κ2) is 5.11. The molecule has 1 aliphatic heterocycles. The smallest absolute Gasteiger partial charge is 0.409 e. The summed E-state index contributed by atoms with van der Waals surface area (Å²) in [5.74, 6) is -0.0524. The molecule has 0 unspecified atom stereocenters. The van der Waals surface area contributed by atoms with Crippen molar-refractivity contribution in [2.45, 2.75) is 31.8 Å². The lowest BCUT2D eigenvalue weighted by molar-refractivity contribution is 0.0948. The fraction of sp³-hybridized carbons (Fsp3) is 0.500. The number of hydrogen-bond acceptors (Lipinski definition) is 4. The van der Waals surface area contributed by atoms with Gasteiger partial charge in [0.25, 0.3) is 5.91 Å². The quantitative estimate of drug-likeness (QED) is 0.877. The monoisotopic (exact) mass is 275 g/mol. The minimum absolute atomic E-state index is 0.0524. The van der Waals surface area contributed by atoms with Crippen LogP contribution in [-0.2, 0) is 17.7 Å². The SMILES string of the molecule is COC(=O)N1CCc2c(cncc2C(=O)NC2CC2)C1. The van der Waals surface area contributed by atoms with E-state index in [-0.39, 0.29) is 12.0 Å². The summed E-state index contributed by atoms with van der Waals surface area (Å²) in [6, 6.07) is 0.327. The summed E-state index contributed by atoms with van der Waals surface area (Å²) in [7, 11) is 1.37. The number of ether oxygens (including phenoxy) is 1. The molecule has 106 valence electrons. The van der Waals surface area contributed by atoms with E-state index in [2.05, 4.69) is 10.3 Å². The number of amides is 2. The number of carbonyl (C=O) groups excluding carboxylic acids is 2. The van der Waals surface area contributed by atoms with Gasteiger partial charge in [-0.3, -0.25) is 9.78 Å². The third-order valence-corrected chi connectivity index (χ3v) is 3.73. The summed E-state index contributed by atoms with van der Waals surface area (Å²) >= 11 is 0. The first-order valence-electron chi connectivity index (χ1n) is 6.78. The first kappa shape index (κ1) is 12.9. The van der Waals surface area contributed by atoms with Crippen LogP contribution >= 0.6 is 0 Å². The number of hydrogen-bond donors (Lipinski definition) is 1. The lowest BCUT2D eigenvalue weighted by Gasteiger charge is -2.28. The van der Waals surface area contributed by atoms with Crippen molar-refractivity contribution < 1.29 is 14.3 Å². The Morgan fingerprint density at radius 3 is 2.90 bits per heavy atom. The number of aromatic nitrogens is 1. The summed E-state index contributed by atoms with van der Waals surface area (Å²) in [5.41, 5.74) is 2.56. The number of pyridine rings is 1. The molecule has 1 fully saturated rings. The van der Waals surface area contributed by atoms with Crippen molar-refractivity contribution in [2.75, 3.05) is 13.7 Å². The van der Waals surface area contributed by atoms with Crippen molar-refractivity contribution in [2.24, 2.45) is 0 Å². The van der Waals surface area contributed by atoms with Gasteiger partial charge in [-0.25, -0.2) is 4.79 Å². The van der Waals surface area contributed by atoms with E-state index in [1.165, 1.54) is 7.11 Å². The number of methoxy groups -OCH3 is 1. The molecule has 6 heteroatoms. The molecule has 1 saturated carbocycles. The molecule has 1 aromatic heterocycles. The van der Waals surface area contributed by atoms with Crippen LogP contribution in [0.1, 0.15) is 34.3 Å². The molecule has 2 heterocycles. The maximum Gasteiger partial charge on any atom is 0.409 e. The van der Waals surface area contributed by atoms with Gasteiger partial charge in [-0.05, 0) is 30.4 Å². The maximum atomic E-state index is 12.2. The highest BCUT2D eigenvalue weighted by atomic mass is 16.5. The predicted molar refractivity (Wildman–Crippen MR) is 71.2 cm³/mol. The van der Waals surface area contributed by atoms with E-state index >= 15 is 0 Å². The molecule has 3 rings (SSSR count). The predicted octanol–water partition coefficient (Wildman–Crippen LogP) is 1.10. The highest BCUT2D eigenvalue weighted by Gasteiger charge is 2.28. The normalized spacial score (nSPS) is 17.4. The van der Waals surface area contributed by atoms with Crippen LogP contribution in [0.15, 0.2) is 12.4 Å². The number of nitrogens with one attached hydrogen (secondary N) is 1. The number of rotatable bonds is 2. The van der Waals surface area contributed by atoms with Crippen molar-refractivity contribution in [3.8, 4) is 0 Å². The van der Waals surface area contributed by atoms with E-state index in [1.54, 1.807) is 17.3 Å². The molecule has 6 nitrogen and oxygen atoms in total. The minimum atomic E-state index is -0.344. The van der Waals surface area contributed by atoms with E-state index in [1.807, 2.05) is 0 Å². The molecule has 0 spiro atoms. The molecule has 2 aliphatic rings. The van der Waals surface area contributed by atoms with E-state index in [9.17, 15) is 9.59 Å². The topological polar surface area (TPSA) is 71.5 Å². The zero-order valence-electron chi connectivity index (χ0n) is 11.4. The highest BCUT2D eigenvalue weighted by molar-refractivity contribution is 5.96. The van der Waals surface area contributed by atoms with Crippen molar-refractivity contribution >= 4 is 12.0 Å². The zero-order valence-corrected chi connectivity index (χ0v) is 11.4. The molecule has 20 heavy (non-hydrogen) atoms. The Morgan fingerprint density at radius 2 is 2.20 bits per heavy atom. The van der Waals surface area contributed by atoms with Gasteiger partial charge >= 0.3 is 6.09 Å². The van der Waals surface area contributed by atoms with Crippen molar-refractivity contribution in [3.63, 3.8) is 0 Å². The molecule has 1 N–H and O–H groups in total. The van der Waals surface area contributed by atoms with Gasteiger partial charge in [-0.15, -0.1) is 0 Å². The average Bonchev–Trinajstić information content (AvgIpc) is 3.29. The van der Waals surface area contributed by atoms with E-state index in [0.29, 0.717) is 31.1 Å². The summed E-state index contributed by atoms with van der Waals surface area (Å²) in [5, 5.41) is 2.98. The standard InChI is InChI=1S/C14H17N3O3/c1-20-14(19)17-5-4-11-9(8-17)6-15-7-12(11)13(18)16-10-2-3-10/h6-7,10H,2-5,8H2,1H3,(H,16,18). The lowest BCUT2D eigenvalue weighted by atomic mass is 9.97. The van der Waals surface area contributed by atoms with E-state index in [4.69, 9.17) is 4.74 Å². The van der Waals surface area contributed by atoms with Gasteiger partial charge in [0.15, 0.2) is 0 Å². The Bertz CT molecular complexity index is 555. The number of carbonyl (C=O) groups is 2. The van der Waals surface area contributed by atoms with Crippen molar-refractivity contribution in [1.29, 1.82) is 0 Å². The number of nitrogens with zero attached hydrogens (tertiary/aromatic N) is 2. The Kier molecular flexibility index (Phi) is 3.30. The van der Waals surface area contributed by atoms with E-state index in [0.717, 1.165) is 24.0 Å². The second-order valence-electron chi connectivity index (χ2n) is 5.21. The van der Waals surface area contributed by atoms with Crippen molar-refractivity contribution in [3.05, 3.63) is 29.1 Å². The third-order valence-electron chi connectivity index (χ3n) is 3.73. The Hall–Kier alpha value is -2.11. The average molecular weight is 275 g/mol. The fourth-order valence-corrected chi connectivity index (χ4v) is 2.46. The Balaban J connectivity index is 1.82. The molecule has 0 bridgehead atoms. The first-order valence-corrected chi connectivity index (χ1v) is 6.78. The zero-order chi connectivity index (χ0) is 14.1. The van der Waals surface area contributed by atoms with Crippen LogP contribution in [0.3, 0.4) is 0 Å².